The molecule has 0 spiro atoms. The highest BCUT2D eigenvalue weighted by Gasteiger charge is 2.56. The standard InChI is InChI=1S/C22H26F3N5O3/c1-4-33-19-15-7-8-26-18(15)28-20(29-19)27-16-6-5-14(13-17(16)31-3)21(2,22(23,24)25)30-9-11-32-12-10-30/h5-8,13H,4,9-12H2,1-3H3,(H2,26,27,28,29)/t21-/m1/s1. The number of alkyl halides is 3. The number of H-pyrrole nitrogens is 1. The molecular weight excluding hydrogens is 439 g/mol. The molecule has 8 nitrogen and oxygen atoms in total. The van der Waals surface area contributed by atoms with Crippen molar-refractivity contribution >= 4 is 22.7 Å². The second-order valence-electron chi connectivity index (χ2n) is 7.73. The summed E-state index contributed by atoms with van der Waals surface area (Å²) in [5.41, 5.74) is -1.11. The van der Waals surface area contributed by atoms with E-state index in [0.717, 1.165) is 5.39 Å². The summed E-state index contributed by atoms with van der Waals surface area (Å²) >= 11 is 0. The number of nitrogens with zero attached hydrogens (tertiary/aromatic N) is 3. The Balaban J connectivity index is 1.70. The number of methoxy groups -OCH3 is 1. The first kappa shape index (κ1) is 23.1. The summed E-state index contributed by atoms with van der Waals surface area (Å²) in [6, 6.07) is 6.21. The van der Waals surface area contributed by atoms with Crippen LogP contribution in [0.5, 0.6) is 11.6 Å². The molecule has 1 aromatic carbocycles. The zero-order chi connectivity index (χ0) is 23.6. The van der Waals surface area contributed by atoms with Crippen molar-refractivity contribution in [2.45, 2.75) is 25.6 Å². The quantitative estimate of drug-likeness (QED) is 0.541. The number of anilines is 2. The molecule has 11 heteroatoms. The lowest BCUT2D eigenvalue weighted by molar-refractivity contribution is -0.240. The molecule has 1 atom stereocenters. The molecule has 178 valence electrons. The Morgan fingerprint density at radius 3 is 2.61 bits per heavy atom. The van der Waals surface area contributed by atoms with Crippen molar-refractivity contribution in [3.05, 3.63) is 36.0 Å². The summed E-state index contributed by atoms with van der Waals surface area (Å²) in [6.45, 7) is 4.34. The maximum absolute atomic E-state index is 14.3. The number of aromatic amines is 1. The summed E-state index contributed by atoms with van der Waals surface area (Å²) in [5, 5.41) is 3.77. The minimum absolute atomic E-state index is 0.0787. The van der Waals surface area contributed by atoms with E-state index in [9.17, 15) is 13.2 Å². The van der Waals surface area contributed by atoms with Crippen LogP contribution >= 0.6 is 0 Å². The number of aromatic nitrogens is 3. The summed E-state index contributed by atoms with van der Waals surface area (Å²) in [7, 11) is 1.41. The van der Waals surface area contributed by atoms with Gasteiger partial charge in [-0.2, -0.15) is 23.1 Å². The zero-order valence-corrected chi connectivity index (χ0v) is 18.6. The third-order valence-electron chi connectivity index (χ3n) is 5.87. The van der Waals surface area contributed by atoms with Gasteiger partial charge in [0.2, 0.25) is 11.8 Å². The minimum Gasteiger partial charge on any atom is -0.495 e. The molecule has 1 aliphatic rings. The number of benzene rings is 1. The molecule has 0 aliphatic carbocycles. The van der Waals surface area contributed by atoms with Gasteiger partial charge in [0.1, 0.15) is 16.9 Å². The van der Waals surface area contributed by atoms with Crippen LogP contribution in [0.1, 0.15) is 19.4 Å². The van der Waals surface area contributed by atoms with Crippen LogP contribution in [0.2, 0.25) is 0 Å². The number of nitrogens with one attached hydrogen (secondary N) is 2. The van der Waals surface area contributed by atoms with E-state index in [0.29, 0.717) is 23.8 Å². The number of hydrogen-bond acceptors (Lipinski definition) is 7. The molecule has 3 heterocycles. The Labute approximate surface area is 189 Å². The Morgan fingerprint density at radius 2 is 1.94 bits per heavy atom. The van der Waals surface area contributed by atoms with Gasteiger partial charge < -0.3 is 24.5 Å². The monoisotopic (exact) mass is 465 g/mol. The first-order valence-corrected chi connectivity index (χ1v) is 10.6. The molecule has 1 saturated heterocycles. The van der Waals surface area contributed by atoms with Gasteiger partial charge in [-0.15, -0.1) is 0 Å². The largest absolute Gasteiger partial charge is 0.495 e. The van der Waals surface area contributed by atoms with Crippen molar-refractivity contribution in [3.63, 3.8) is 0 Å². The van der Waals surface area contributed by atoms with E-state index in [1.54, 1.807) is 12.3 Å². The van der Waals surface area contributed by atoms with Crippen LogP contribution in [0.3, 0.4) is 0 Å². The van der Waals surface area contributed by atoms with Gasteiger partial charge in [-0.25, -0.2) is 0 Å². The van der Waals surface area contributed by atoms with Gasteiger partial charge in [0, 0.05) is 19.3 Å². The van der Waals surface area contributed by atoms with Crippen molar-refractivity contribution in [3.8, 4) is 11.6 Å². The van der Waals surface area contributed by atoms with E-state index in [2.05, 4.69) is 20.3 Å². The van der Waals surface area contributed by atoms with Gasteiger partial charge in [-0.1, -0.05) is 6.07 Å². The van der Waals surface area contributed by atoms with Gasteiger partial charge in [-0.3, -0.25) is 4.90 Å². The second kappa shape index (κ2) is 9.06. The highest BCUT2D eigenvalue weighted by molar-refractivity contribution is 5.82. The maximum Gasteiger partial charge on any atom is 0.410 e. The molecule has 2 aromatic heterocycles. The smallest absolute Gasteiger partial charge is 0.410 e. The molecule has 0 bridgehead atoms. The number of halogens is 3. The van der Waals surface area contributed by atoms with Crippen LogP contribution in [0.4, 0.5) is 24.8 Å². The van der Waals surface area contributed by atoms with E-state index >= 15 is 0 Å². The van der Waals surface area contributed by atoms with Gasteiger partial charge in [0.25, 0.3) is 0 Å². The molecule has 2 N–H and O–H groups in total. The predicted molar refractivity (Wildman–Crippen MR) is 117 cm³/mol. The Bertz CT molecular complexity index is 1110. The van der Waals surface area contributed by atoms with E-state index in [1.165, 1.54) is 31.1 Å². The number of rotatable bonds is 7. The van der Waals surface area contributed by atoms with Gasteiger partial charge in [0.05, 0.1) is 38.0 Å². The van der Waals surface area contributed by atoms with Gasteiger partial charge in [0.15, 0.2) is 0 Å². The molecule has 0 radical (unpaired) electrons. The molecule has 33 heavy (non-hydrogen) atoms. The highest BCUT2D eigenvalue weighted by Crippen LogP contribution is 2.46. The predicted octanol–water partition coefficient (Wildman–Crippen LogP) is 4.22. The van der Waals surface area contributed by atoms with Crippen LogP contribution in [0.15, 0.2) is 30.5 Å². The number of morpholine rings is 1. The van der Waals surface area contributed by atoms with Crippen molar-refractivity contribution < 1.29 is 27.4 Å². The Morgan fingerprint density at radius 1 is 1.18 bits per heavy atom. The minimum atomic E-state index is -4.50. The normalized spacial score (nSPS) is 17.0. The molecule has 0 unspecified atom stereocenters. The lowest BCUT2D eigenvalue weighted by Crippen LogP contribution is -2.57. The molecule has 3 aromatic rings. The SMILES string of the molecule is CCOc1nc(Nc2ccc([C@@](C)(N3CCOCC3)C(F)(F)F)cc2OC)nc2[nH]ccc12. The van der Waals surface area contributed by atoms with Crippen LogP contribution in [0.25, 0.3) is 11.0 Å². The fourth-order valence-electron chi connectivity index (χ4n) is 3.97. The molecule has 0 amide bonds. The number of fused-ring (bicyclic) bond motifs is 1. The first-order chi connectivity index (χ1) is 15.8. The van der Waals surface area contributed by atoms with Gasteiger partial charge in [-0.05, 0) is 37.6 Å². The van der Waals surface area contributed by atoms with Crippen molar-refractivity contribution in [2.24, 2.45) is 0 Å². The second-order valence-corrected chi connectivity index (χ2v) is 7.73. The fourth-order valence-corrected chi connectivity index (χ4v) is 3.97. The van der Waals surface area contributed by atoms with Crippen LogP contribution in [-0.4, -0.2) is 66.0 Å². The average molecular weight is 465 g/mol. The molecule has 0 saturated carbocycles. The Hall–Kier alpha value is -3.05. The zero-order valence-electron chi connectivity index (χ0n) is 18.6. The van der Waals surface area contributed by atoms with Crippen molar-refractivity contribution in [1.29, 1.82) is 0 Å². The average Bonchev–Trinajstić information content (AvgIpc) is 3.28. The van der Waals surface area contributed by atoms with Crippen molar-refractivity contribution in [1.82, 2.24) is 19.9 Å². The first-order valence-electron chi connectivity index (χ1n) is 10.6. The third-order valence-corrected chi connectivity index (χ3v) is 5.87. The number of hydrogen-bond donors (Lipinski definition) is 2. The molecular formula is C22H26F3N5O3. The summed E-state index contributed by atoms with van der Waals surface area (Å²) in [6.07, 6.45) is -2.77. The van der Waals surface area contributed by atoms with Crippen LogP contribution in [0, 0.1) is 0 Å². The summed E-state index contributed by atoms with van der Waals surface area (Å²) in [4.78, 5) is 13.2. The highest BCUT2D eigenvalue weighted by atomic mass is 19.4. The lowest BCUT2D eigenvalue weighted by Gasteiger charge is -2.44. The van der Waals surface area contributed by atoms with E-state index in [-0.39, 0.29) is 43.6 Å². The van der Waals surface area contributed by atoms with E-state index < -0.39 is 11.7 Å². The maximum atomic E-state index is 14.3. The van der Waals surface area contributed by atoms with Crippen LogP contribution in [-0.2, 0) is 10.3 Å². The van der Waals surface area contributed by atoms with Crippen LogP contribution < -0.4 is 14.8 Å². The molecule has 1 aliphatic heterocycles. The van der Waals surface area contributed by atoms with Gasteiger partial charge >= 0.3 is 6.18 Å². The summed E-state index contributed by atoms with van der Waals surface area (Å²) in [5.74, 6) is 0.870. The van der Waals surface area contributed by atoms with E-state index in [1.807, 2.05) is 13.0 Å². The number of ether oxygens (including phenoxy) is 3. The van der Waals surface area contributed by atoms with Crippen molar-refractivity contribution in [2.75, 3.05) is 45.3 Å². The Kier molecular flexibility index (Phi) is 6.35. The topological polar surface area (TPSA) is 84.5 Å². The van der Waals surface area contributed by atoms with E-state index in [4.69, 9.17) is 14.2 Å². The third kappa shape index (κ3) is 4.30. The molecule has 4 rings (SSSR count). The summed E-state index contributed by atoms with van der Waals surface area (Å²) < 4.78 is 59.2. The fraction of sp³-hybridized carbons (Fsp3) is 0.455. The lowest BCUT2D eigenvalue weighted by atomic mass is 9.88. The molecule has 1 fully saturated rings.